The Morgan fingerprint density at radius 2 is 2.10 bits per heavy atom. The first-order valence-corrected chi connectivity index (χ1v) is 5.32. The third kappa shape index (κ3) is 5.90. The average molecular weight is 431 g/mol. The summed E-state index contributed by atoms with van der Waals surface area (Å²) in [6, 6.07) is 0. The SMILES string of the molecule is CC(=O)OCC(I)=C(Br)I. The second kappa shape index (κ2) is 5.76. The summed E-state index contributed by atoms with van der Waals surface area (Å²) in [5.74, 6) is -0.251. The van der Waals surface area contributed by atoms with Crippen LogP contribution in [0.5, 0.6) is 0 Å². The zero-order chi connectivity index (χ0) is 8.15. The number of hydrogen-bond acceptors (Lipinski definition) is 2. The zero-order valence-corrected chi connectivity index (χ0v) is 11.1. The number of hydrogen-bond donors (Lipinski definition) is 0. The Morgan fingerprint density at radius 1 is 1.60 bits per heavy atom. The van der Waals surface area contributed by atoms with Crippen molar-refractivity contribution in [2.24, 2.45) is 0 Å². The number of carbonyl (C=O) groups excluding carboxylic acids is 1. The van der Waals surface area contributed by atoms with Crippen molar-refractivity contribution in [1.29, 1.82) is 0 Å². The van der Waals surface area contributed by atoms with Crippen LogP contribution in [-0.2, 0) is 9.53 Å². The van der Waals surface area contributed by atoms with Crippen LogP contribution in [0.4, 0.5) is 0 Å². The fraction of sp³-hybridized carbons (Fsp3) is 0.400. The monoisotopic (exact) mass is 430 g/mol. The lowest BCUT2D eigenvalue weighted by molar-refractivity contribution is -0.139. The van der Waals surface area contributed by atoms with Crippen molar-refractivity contribution in [1.82, 2.24) is 0 Å². The van der Waals surface area contributed by atoms with Gasteiger partial charge in [-0.1, -0.05) is 0 Å². The van der Waals surface area contributed by atoms with Crippen molar-refractivity contribution >= 4 is 67.1 Å². The highest BCUT2D eigenvalue weighted by Crippen LogP contribution is 2.24. The molecular formula is C5H5BrI2O2. The molecule has 0 atom stereocenters. The summed E-state index contributed by atoms with van der Waals surface area (Å²) < 4.78 is 6.70. The smallest absolute Gasteiger partial charge is 0.302 e. The third-order valence-corrected chi connectivity index (χ3v) is 4.36. The Hall–Kier alpha value is 1.15. The van der Waals surface area contributed by atoms with Gasteiger partial charge in [-0.25, -0.2) is 0 Å². The molecule has 0 aromatic rings. The first kappa shape index (κ1) is 11.2. The van der Waals surface area contributed by atoms with Crippen molar-refractivity contribution in [3.63, 3.8) is 0 Å². The zero-order valence-electron chi connectivity index (χ0n) is 5.16. The van der Waals surface area contributed by atoms with Gasteiger partial charge in [-0.15, -0.1) is 0 Å². The highest BCUT2D eigenvalue weighted by Gasteiger charge is 1.98. The molecule has 0 heterocycles. The van der Waals surface area contributed by atoms with Gasteiger partial charge in [0.1, 0.15) is 6.61 Å². The molecule has 0 unspecified atom stereocenters. The van der Waals surface area contributed by atoms with E-state index in [4.69, 9.17) is 4.74 Å². The van der Waals surface area contributed by atoms with Gasteiger partial charge in [0.2, 0.25) is 0 Å². The van der Waals surface area contributed by atoms with Gasteiger partial charge in [0.15, 0.2) is 0 Å². The number of carbonyl (C=O) groups is 1. The number of halogens is 3. The van der Waals surface area contributed by atoms with Crippen molar-refractivity contribution in [2.45, 2.75) is 6.92 Å². The molecule has 2 nitrogen and oxygen atoms in total. The van der Waals surface area contributed by atoms with Gasteiger partial charge in [0.05, 0.1) is 2.49 Å². The Bertz CT molecular complexity index is 163. The van der Waals surface area contributed by atoms with Crippen LogP contribution in [0.1, 0.15) is 6.92 Å². The van der Waals surface area contributed by atoms with Crippen LogP contribution in [0.15, 0.2) is 6.07 Å². The first-order valence-electron chi connectivity index (χ1n) is 2.37. The molecule has 0 aromatic carbocycles. The van der Waals surface area contributed by atoms with Gasteiger partial charge in [0, 0.05) is 10.5 Å². The minimum atomic E-state index is -0.251. The normalized spacial score (nSPS) is 12.4. The maximum absolute atomic E-state index is 10.3. The molecule has 0 amide bonds. The lowest BCUT2D eigenvalue weighted by Crippen LogP contribution is -1.99. The van der Waals surface area contributed by atoms with E-state index >= 15 is 0 Å². The molecule has 0 saturated carbocycles. The van der Waals surface area contributed by atoms with Gasteiger partial charge in [-0.2, -0.15) is 0 Å². The van der Waals surface area contributed by atoms with E-state index in [9.17, 15) is 4.79 Å². The van der Waals surface area contributed by atoms with E-state index in [1.807, 2.05) is 0 Å². The summed E-state index contributed by atoms with van der Waals surface area (Å²) >= 11 is 7.48. The number of ether oxygens (including phenoxy) is 1. The van der Waals surface area contributed by atoms with Gasteiger partial charge >= 0.3 is 5.97 Å². The molecule has 5 heteroatoms. The minimum Gasteiger partial charge on any atom is -0.460 e. The van der Waals surface area contributed by atoms with Crippen LogP contribution < -0.4 is 0 Å². The molecule has 0 radical (unpaired) electrons. The Kier molecular flexibility index (Phi) is 6.42. The molecule has 0 aliphatic rings. The molecular weight excluding hydrogens is 426 g/mol. The van der Waals surface area contributed by atoms with Crippen LogP contribution in [0.2, 0.25) is 0 Å². The maximum atomic E-state index is 10.3. The predicted molar refractivity (Wildman–Crippen MR) is 60.6 cm³/mol. The van der Waals surface area contributed by atoms with Crippen LogP contribution in [0, 0.1) is 0 Å². The second-order valence-corrected chi connectivity index (χ2v) is 6.10. The van der Waals surface area contributed by atoms with E-state index in [0.717, 1.165) is 6.07 Å². The lowest BCUT2D eigenvalue weighted by Gasteiger charge is -1.99. The van der Waals surface area contributed by atoms with Gasteiger partial charge in [-0.05, 0) is 61.1 Å². The first-order chi connectivity index (χ1) is 4.54. The van der Waals surface area contributed by atoms with Crippen LogP contribution in [-0.4, -0.2) is 12.6 Å². The third-order valence-electron chi connectivity index (χ3n) is 0.607. The molecule has 0 spiro atoms. The highest BCUT2D eigenvalue weighted by molar-refractivity contribution is 14.1. The molecule has 58 valence electrons. The van der Waals surface area contributed by atoms with Gasteiger partial charge in [0.25, 0.3) is 0 Å². The van der Waals surface area contributed by atoms with E-state index < -0.39 is 0 Å². The summed E-state index contributed by atoms with van der Waals surface area (Å²) in [5.41, 5.74) is 0. The Balaban J connectivity index is 3.71. The molecule has 0 saturated heterocycles. The van der Waals surface area contributed by atoms with E-state index in [1.54, 1.807) is 0 Å². The largest absolute Gasteiger partial charge is 0.460 e. The van der Waals surface area contributed by atoms with E-state index in [1.165, 1.54) is 6.92 Å². The van der Waals surface area contributed by atoms with Gasteiger partial charge in [-0.3, -0.25) is 4.79 Å². The minimum absolute atomic E-state index is 0.251. The predicted octanol–water partition coefficient (Wildman–Crippen LogP) is 2.98. The fourth-order valence-electron chi connectivity index (χ4n) is 0.220. The summed E-state index contributed by atoms with van der Waals surface area (Å²) in [5, 5.41) is 0. The standard InChI is InChI=1S/C5H5BrI2O2/c1-3(9)10-2-4(7)5(6)8/h2H2,1H3. The molecule has 0 bridgehead atoms. The van der Waals surface area contributed by atoms with E-state index in [-0.39, 0.29) is 5.97 Å². The molecule has 0 aromatic heterocycles. The molecule has 0 fully saturated rings. The quantitative estimate of drug-likeness (QED) is 0.497. The van der Waals surface area contributed by atoms with Crippen LogP contribution in [0.3, 0.4) is 0 Å². The van der Waals surface area contributed by atoms with Crippen LogP contribution in [0.25, 0.3) is 0 Å². The number of esters is 1. The van der Waals surface area contributed by atoms with Gasteiger partial charge < -0.3 is 4.74 Å². The summed E-state index contributed by atoms with van der Waals surface area (Å²) in [6.07, 6.45) is 0. The Labute approximate surface area is 95.2 Å². The fourth-order valence-corrected chi connectivity index (χ4v) is 0.645. The average Bonchev–Trinajstić information content (AvgIpc) is 1.82. The topological polar surface area (TPSA) is 26.3 Å². The summed E-state index contributed by atoms with van der Waals surface area (Å²) in [7, 11) is 0. The highest BCUT2D eigenvalue weighted by atomic mass is 127. The molecule has 0 N–H and O–H groups in total. The lowest BCUT2D eigenvalue weighted by atomic mass is 10.7. The second-order valence-electron chi connectivity index (χ2n) is 1.45. The summed E-state index contributed by atoms with van der Waals surface area (Å²) in [6.45, 7) is 1.75. The van der Waals surface area contributed by atoms with E-state index in [2.05, 4.69) is 61.1 Å². The van der Waals surface area contributed by atoms with Crippen LogP contribution >= 0.6 is 61.1 Å². The van der Waals surface area contributed by atoms with E-state index in [0.29, 0.717) is 6.61 Å². The molecule has 0 aliphatic heterocycles. The molecule has 10 heavy (non-hydrogen) atoms. The number of rotatable bonds is 2. The van der Waals surface area contributed by atoms with Crippen molar-refractivity contribution in [3.8, 4) is 0 Å². The van der Waals surface area contributed by atoms with Crippen molar-refractivity contribution in [2.75, 3.05) is 6.61 Å². The maximum Gasteiger partial charge on any atom is 0.302 e. The Morgan fingerprint density at radius 3 is 2.40 bits per heavy atom. The molecule has 0 aliphatic carbocycles. The van der Waals surface area contributed by atoms with Crippen molar-refractivity contribution < 1.29 is 9.53 Å². The van der Waals surface area contributed by atoms with Crippen molar-refractivity contribution in [3.05, 3.63) is 6.07 Å². The molecule has 0 rings (SSSR count). The summed E-state index contributed by atoms with van der Waals surface area (Å²) in [4.78, 5) is 10.3.